The molecule has 1 aromatic heterocycles. The summed E-state index contributed by atoms with van der Waals surface area (Å²) in [7, 11) is 1.57. The minimum atomic E-state index is -1.14. The zero-order valence-electron chi connectivity index (χ0n) is 26.5. The van der Waals surface area contributed by atoms with Crippen LogP contribution in [0.1, 0.15) is 40.5 Å². The molecule has 3 aromatic rings. The van der Waals surface area contributed by atoms with Crippen molar-refractivity contribution in [3.8, 4) is 22.8 Å². The predicted molar refractivity (Wildman–Crippen MR) is 174 cm³/mol. The van der Waals surface area contributed by atoms with Crippen LogP contribution in [-0.2, 0) is 19.1 Å². The van der Waals surface area contributed by atoms with Gasteiger partial charge in [0.15, 0.2) is 0 Å². The summed E-state index contributed by atoms with van der Waals surface area (Å²) >= 11 is 5.85. The van der Waals surface area contributed by atoms with Crippen LogP contribution in [0.2, 0.25) is 0 Å². The fourth-order valence-corrected chi connectivity index (χ4v) is 5.20. The summed E-state index contributed by atoms with van der Waals surface area (Å²) in [4.78, 5) is 57.4. The molecule has 4 N–H and O–H groups in total. The van der Waals surface area contributed by atoms with E-state index in [0.717, 1.165) is 10.9 Å². The molecule has 1 saturated heterocycles. The lowest BCUT2D eigenvalue weighted by Gasteiger charge is -2.28. The molecule has 4 atom stereocenters. The average Bonchev–Trinajstić information content (AvgIpc) is 3.43. The zero-order chi connectivity index (χ0) is 33.6. The Kier molecular flexibility index (Phi) is 10.9. The van der Waals surface area contributed by atoms with Gasteiger partial charge in [-0.3, -0.25) is 14.4 Å². The van der Waals surface area contributed by atoms with E-state index in [1.165, 1.54) is 11.8 Å². The SMILES string of the molecule is COc1ccc2c(O[C@@H]3C[C@@H](C(N)=O)N(C(=O)[C@H](CCNC(=O)C(C)Cl)NC(=O)OC(C)(C)C)C3)cc(-c3ccccc3)nc2c1. The van der Waals surface area contributed by atoms with Crippen molar-refractivity contribution >= 4 is 46.3 Å². The average molecular weight is 654 g/mol. The van der Waals surface area contributed by atoms with Gasteiger partial charge in [-0.2, -0.15) is 0 Å². The molecule has 46 heavy (non-hydrogen) atoms. The van der Waals surface area contributed by atoms with E-state index in [-0.39, 0.29) is 25.9 Å². The molecule has 2 heterocycles. The standard InChI is InChI=1S/C33H40ClN5O7/c1-19(34)30(41)36-14-13-24(38-32(43)46-33(2,3)4)31(42)39-18-22(16-27(39)29(35)40)45-28-17-25(20-9-7-6-8-10-20)37-26-15-21(44-5)11-12-23(26)28/h6-12,15,17,19,22,24,27H,13-14,16,18H2,1-5H3,(H2,35,40)(H,36,41)(H,38,43)/t19?,22-,24+,27+/m1/s1. The van der Waals surface area contributed by atoms with Gasteiger partial charge in [-0.15, -0.1) is 11.6 Å². The number of pyridine rings is 1. The summed E-state index contributed by atoms with van der Waals surface area (Å²) in [5.74, 6) is -0.567. The van der Waals surface area contributed by atoms with E-state index < -0.39 is 53.0 Å². The van der Waals surface area contributed by atoms with Crippen LogP contribution in [0.25, 0.3) is 22.2 Å². The van der Waals surface area contributed by atoms with Gasteiger partial charge in [-0.1, -0.05) is 30.3 Å². The smallest absolute Gasteiger partial charge is 0.408 e. The van der Waals surface area contributed by atoms with Gasteiger partial charge in [0, 0.05) is 36.0 Å². The first kappa shape index (κ1) is 34.3. The van der Waals surface area contributed by atoms with Crippen molar-refractivity contribution in [1.29, 1.82) is 0 Å². The van der Waals surface area contributed by atoms with Crippen LogP contribution >= 0.6 is 11.6 Å². The molecule has 4 amide bonds. The first-order valence-corrected chi connectivity index (χ1v) is 15.4. The molecule has 0 saturated carbocycles. The number of aromatic nitrogens is 1. The van der Waals surface area contributed by atoms with Gasteiger partial charge >= 0.3 is 6.09 Å². The number of hydrogen-bond donors (Lipinski definition) is 3. The van der Waals surface area contributed by atoms with Crippen LogP contribution in [0.15, 0.2) is 54.6 Å². The quantitative estimate of drug-likeness (QED) is 0.264. The molecule has 4 rings (SSSR count). The minimum Gasteiger partial charge on any atom is -0.497 e. The number of fused-ring (bicyclic) bond motifs is 1. The van der Waals surface area contributed by atoms with Gasteiger partial charge in [0.2, 0.25) is 17.7 Å². The van der Waals surface area contributed by atoms with Crippen molar-refractivity contribution < 1.29 is 33.4 Å². The Bertz CT molecular complexity index is 1580. The van der Waals surface area contributed by atoms with Gasteiger partial charge < -0.3 is 35.5 Å². The van der Waals surface area contributed by atoms with Crippen molar-refractivity contribution in [2.45, 2.75) is 69.7 Å². The molecule has 0 aliphatic carbocycles. The number of nitrogens with one attached hydrogen (secondary N) is 2. The maximum absolute atomic E-state index is 13.9. The third-order valence-electron chi connectivity index (χ3n) is 7.30. The number of nitrogens with two attached hydrogens (primary N) is 1. The van der Waals surface area contributed by atoms with Crippen LogP contribution in [0.3, 0.4) is 0 Å². The minimum absolute atomic E-state index is 0.0121. The molecule has 1 fully saturated rings. The number of nitrogens with zero attached hydrogens (tertiary/aromatic N) is 2. The summed E-state index contributed by atoms with van der Waals surface area (Å²) < 4.78 is 17.3. The molecule has 1 aliphatic heterocycles. The Hall–Kier alpha value is -4.58. The van der Waals surface area contributed by atoms with Crippen molar-refractivity contribution in [3.63, 3.8) is 0 Å². The van der Waals surface area contributed by atoms with E-state index >= 15 is 0 Å². The van der Waals surface area contributed by atoms with Crippen molar-refractivity contribution in [1.82, 2.24) is 20.5 Å². The number of carbonyl (C=O) groups excluding carboxylic acids is 4. The molecule has 0 radical (unpaired) electrons. The van der Waals surface area contributed by atoms with Gasteiger partial charge in [0.25, 0.3) is 0 Å². The molecule has 2 aromatic carbocycles. The van der Waals surface area contributed by atoms with Crippen LogP contribution < -0.4 is 25.8 Å². The summed E-state index contributed by atoms with van der Waals surface area (Å²) in [5, 5.41) is 5.16. The first-order valence-electron chi connectivity index (χ1n) is 15.0. The monoisotopic (exact) mass is 653 g/mol. The van der Waals surface area contributed by atoms with Gasteiger partial charge in [-0.05, 0) is 46.2 Å². The predicted octanol–water partition coefficient (Wildman–Crippen LogP) is 3.77. The first-order chi connectivity index (χ1) is 21.8. The van der Waals surface area contributed by atoms with Gasteiger partial charge in [-0.25, -0.2) is 9.78 Å². The van der Waals surface area contributed by atoms with Crippen LogP contribution in [0.4, 0.5) is 4.79 Å². The number of primary amides is 1. The van der Waals surface area contributed by atoms with E-state index in [9.17, 15) is 19.2 Å². The fraction of sp³-hybridized carbons (Fsp3) is 0.424. The lowest BCUT2D eigenvalue weighted by molar-refractivity contribution is -0.139. The van der Waals surface area contributed by atoms with E-state index in [1.54, 1.807) is 33.9 Å². The highest BCUT2D eigenvalue weighted by Crippen LogP contribution is 2.34. The fourth-order valence-electron chi connectivity index (χ4n) is 5.12. The third-order valence-corrected chi connectivity index (χ3v) is 7.50. The Morgan fingerprint density at radius 2 is 1.83 bits per heavy atom. The summed E-state index contributed by atoms with van der Waals surface area (Å²) in [6, 6.07) is 14.7. The summed E-state index contributed by atoms with van der Waals surface area (Å²) in [5.41, 5.74) is 7.13. The number of rotatable bonds is 11. The molecule has 1 unspecified atom stereocenters. The molecule has 0 bridgehead atoms. The largest absolute Gasteiger partial charge is 0.497 e. The Morgan fingerprint density at radius 1 is 1.11 bits per heavy atom. The van der Waals surface area contributed by atoms with Gasteiger partial charge in [0.05, 0.1) is 24.9 Å². The number of benzene rings is 2. The van der Waals surface area contributed by atoms with Crippen molar-refractivity contribution in [3.05, 3.63) is 54.6 Å². The Morgan fingerprint density at radius 3 is 2.46 bits per heavy atom. The highest BCUT2D eigenvalue weighted by molar-refractivity contribution is 6.30. The normalized spacial score (nSPS) is 17.6. The number of likely N-dealkylation sites (tertiary alicyclic amines) is 1. The number of carbonyl (C=O) groups is 4. The number of hydrogen-bond acceptors (Lipinski definition) is 8. The highest BCUT2D eigenvalue weighted by Gasteiger charge is 2.42. The number of alkyl halides is 1. The molecule has 1 aliphatic rings. The second-order valence-corrected chi connectivity index (χ2v) is 12.7. The number of halogens is 1. The molecule has 13 heteroatoms. The molecular weight excluding hydrogens is 614 g/mol. The Labute approximate surface area is 272 Å². The molecule has 246 valence electrons. The number of ether oxygens (including phenoxy) is 3. The van der Waals surface area contributed by atoms with Crippen LogP contribution in [0.5, 0.6) is 11.5 Å². The number of alkyl carbamates (subject to hydrolysis) is 1. The molecular formula is C33H40ClN5O7. The van der Waals surface area contributed by atoms with Gasteiger partial charge in [0.1, 0.15) is 40.7 Å². The van der Waals surface area contributed by atoms with Crippen molar-refractivity contribution in [2.75, 3.05) is 20.2 Å². The second kappa shape index (κ2) is 14.7. The van der Waals surface area contributed by atoms with E-state index in [2.05, 4.69) is 10.6 Å². The van der Waals surface area contributed by atoms with E-state index in [1.807, 2.05) is 48.5 Å². The van der Waals surface area contributed by atoms with Crippen molar-refractivity contribution in [2.24, 2.45) is 5.73 Å². The molecule has 12 nitrogen and oxygen atoms in total. The third kappa shape index (κ3) is 8.78. The highest BCUT2D eigenvalue weighted by atomic mass is 35.5. The summed E-state index contributed by atoms with van der Waals surface area (Å²) in [6.45, 7) is 6.65. The van der Waals surface area contributed by atoms with E-state index in [0.29, 0.717) is 22.7 Å². The lowest BCUT2D eigenvalue weighted by atomic mass is 10.1. The topological polar surface area (TPSA) is 162 Å². The summed E-state index contributed by atoms with van der Waals surface area (Å²) in [6.07, 6.45) is -1.30. The Balaban J connectivity index is 1.61. The number of methoxy groups -OCH3 is 1. The van der Waals surface area contributed by atoms with E-state index in [4.69, 9.17) is 36.5 Å². The molecule has 0 spiro atoms. The maximum Gasteiger partial charge on any atom is 0.408 e. The zero-order valence-corrected chi connectivity index (χ0v) is 27.3. The van der Waals surface area contributed by atoms with Crippen LogP contribution in [0, 0.1) is 0 Å². The second-order valence-electron chi connectivity index (χ2n) is 12.0. The maximum atomic E-state index is 13.9. The number of amides is 4. The lowest BCUT2D eigenvalue weighted by Crippen LogP contribution is -2.54. The van der Waals surface area contributed by atoms with Crippen LogP contribution in [-0.4, -0.2) is 83.1 Å².